The van der Waals surface area contributed by atoms with Gasteiger partial charge < -0.3 is 14.2 Å². The monoisotopic (exact) mass is 403 g/mol. The van der Waals surface area contributed by atoms with E-state index in [0.717, 1.165) is 37.5 Å². The fourth-order valence-electron chi connectivity index (χ4n) is 3.92. The second-order valence-corrected chi connectivity index (χ2v) is 8.07. The average molecular weight is 404 g/mol. The molecule has 0 saturated carbocycles. The smallest absolute Gasteiger partial charge is 0.223 e. The van der Waals surface area contributed by atoms with Gasteiger partial charge in [0.15, 0.2) is 11.7 Å². The Bertz CT molecular complexity index is 1020. The average Bonchev–Trinajstić information content (AvgIpc) is 3.24. The molecule has 1 aliphatic heterocycles. The van der Waals surface area contributed by atoms with Crippen molar-refractivity contribution in [1.82, 2.24) is 9.88 Å². The van der Waals surface area contributed by atoms with Crippen molar-refractivity contribution in [3.05, 3.63) is 71.2 Å². The van der Waals surface area contributed by atoms with Crippen LogP contribution in [0.5, 0.6) is 0 Å². The van der Waals surface area contributed by atoms with E-state index in [1.165, 1.54) is 22.4 Å². The number of anilines is 1. The lowest BCUT2D eigenvalue weighted by Crippen LogP contribution is -2.49. The minimum Gasteiger partial charge on any atom is -0.441 e. The Morgan fingerprint density at radius 3 is 2.47 bits per heavy atom. The van der Waals surface area contributed by atoms with Gasteiger partial charge in [-0.25, -0.2) is 4.98 Å². The number of hydrogen-bond acceptors (Lipinski definition) is 4. The Morgan fingerprint density at radius 1 is 1.00 bits per heavy atom. The number of hydrogen-bond donors (Lipinski definition) is 0. The number of carbonyl (C=O) groups excluding carboxylic acids is 1. The van der Waals surface area contributed by atoms with Gasteiger partial charge in [-0.3, -0.25) is 4.79 Å². The predicted octanol–water partition coefficient (Wildman–Crippen LogP) is 4.55. The lowest BCUT2D eigenvalue weighted by atomic mass is 10.1. The molecule has 1 amide bonds. The zero-order valence-corrected chi connectivity index (χ0v) is 18.0. The highest BCUT2D eigenvalue weighted by atomic mass is 16.4. The van der Waals surface area contributed by atoms with Crippen molar-refractivity contribution < 1.29 is 9.21 Å². The Hall–Kier alpha value is -3.08. The summed E-state index contributed by atoms with van der Waals surface area (Å²) in [4.78, 5) is 21.4. The van der Waals surface area contributed by atoms with Crippen LogP contribution in [-0.4, -0.2) is 42.0 Å². The zero-order chi connectivity index (χ0) is 21.1. The third-order valence-corrected chi connectivity index (χ3v) is 5.99. The molecular weight excluding hydrogens is 374 g/mol. The van der Waals surface area contributed by atoms with Crippen molar-refractivity contribution >= 4 is 11.6 Å². The van der Waals surface area contributed by atoms with Crippen LogP contribution in [0.4, 0.5) is 5.69 Å². The Balaban J connectivity index is 1.29. The van der Waals surface area contributed by atoms with Crippen LogP contribution >= 0.6 is 0 Å². The topological polar surface area (TPSA) is 49.6 Å². The first-order chi connectivity index (χ1) is 14.5. The molecule has 1 saturated heterocycles. The van der Waals surface area contributed by atoms with Gasteiger partial charge in [0.1, 0.15) is 0 Å². The van der Waals surface area contributed by atoms with Crippen LogP contribution in [0.2, 0.25) is 0 Å². The molecule has 5 nitrogen and oxygen atoms in total. The number of amides is 1. The lowest BCUT2D eigenvalue weighted by Gasteiger charge is -2.37. The number of aryl methyl sites for hydroxylation is 3. The third-order valence-electron chi connectivity index (χ3n) is 5.99. The van der Waals surface area contributed by atoms with Crippen LogP contribution in [0.25, 0.3) is 11.3 Å². The summed E-state index contributed by atoms with van der Waals surface area (Å²) in [5, 5.41) is 0. The van der Waals surface area contributed by atoms with Gasteiger partial charge in [-0.15, -0.1) is 0 Å². The van der Waals surface area contributed by atoms with E-state index in [2.05, 4.69) is 61.0 Å². The largest absolute Gasteiger partial charge is 0.441 e. The van der Waals surface area contributed by atoms with Gasteiger partial charge in [0.2, 0.25) is 5.91 Å². The number of benzene rings is 2. The van der Waals surface area contributed by atoms with E-state index < -0.39 is 0 Å². The fourth-order valence-corrected chi connectivity index (χ4v) is 3.92. The van der Waals surface area contributed by atoms with E-state index in [0.29, 0.717) is 18.7 Å². The first-order valence-electron chi connectivity index (χ1n) is 10.6. The van der Waals surface area contributed by atoms with Crippen LogP contribution in [0, 0.1) is 20.8 Å². The Morgan fingerprint density at radius 2 is 1.73 bits per heavy atom. The van der Waals surface area contributed by atoms with Crippen molar-refractivity contribution in [2.45, 2.75) is 33.6 Å². The molecule has 0 aliphatic carbocycles. The number of rotatable bonds is 5. The van der Waals surface area contributed by atoms with Gasteiger partial charge in [-0.05, 0) is 38.0 Å². The molecule has 0 bridgehead atoms. The van der Waals surface area contributed by atoms with Crippen LogP contribution in [-0.2, 0) is 11.2 Å². The molecule has 156 valence electrons. The summed E-state index contributed by atoms with van der Waals surface area (Å²) in [7, 11) is 0. The van der Waals surface area contributed by atoms with Gasteiger partial charge in [-0.1, -0.05) is 42.0 Å². The SMILES string of the molecule is Cc1ccc(-c2cnc(CCC(=O)N3CCN(c4cccc(C)c4C)CC3)o2)cc1. The maximum absolute atomic E-state index is 12.7. The number of aromatic nitrogens is 1. The van der Waals surface area contributed by atoms with Crippen molar-refractivity contribution in [3.8, 4) is 11.3 Å². The second-order valence-electron chi connectivity index (χ2n) is 8.07. The molecule has 3 aromatic rings. The summed E-state index contributed by atoms with van der Waals surface area (Å²) >= 11 is 0. The van der Waals surface area contributed by atoms with Crippen LogP contribution in [0.3, 0.4) is 0 Å². The highest BCUT2D eigenvalue weighted by molar-refractivity contribution is 5.76. The van der Waals surface area contributed by atoms with Crippen molar-refractivity contribution in [1.29, 1.82) is 0 Å². The Kier molecular flexibility index (Phi) is 5.88. The Labute approximate surface area is 178 Å². The van der Waals surface area contributed by atoms with E-state index in [-0.39, 0.29) is 5.91 Å². The van der Waals surface area contributed by atoms with Gasteiger partial charge in [0, 0.05) is 50.3 Å². The normalized spacial score (nSPS) is 14.2. The van der Waals surface area contributed by atoms with Crippen LogP contribution in [0.1, 0.15) is 29.0 Å². The molecule has 0 N–H and O–H groups in total. The predicted molar refractivity (Wildman–Crippen MR) is 120 cm³/mol. The quantitative estimate of drug-likeness (QED) is 0.627. The molecule has 0 atom stereocenters. The molecular formula is C25H29N3O2. The van der Waals surface area contributed by atoms with E-state index in [4.69, 9.17) is 4.42 Å². The zero-order valence-electron chi connectivity index (χ0n) is 18.0. The van der Waals surface area contributed by atoms with E-state index >= 15 is 0 Å². The summed E-state index contributed by atoms with van der Waals surface area (Å²) in [5.41, 5.74) is 6.13. The number of piperazine rings is 1. The molecule has 30 heavy (non-hydrogen) atoms. The van der Waals surface area contributed by atoms with Gasteiger partial charge in [-0.2, -0.15) is 0 Å². The standard InChI is InChI=1S/C25H29N3O2/c1-18-7-9-21(10-8-18)23-17-26-24(30-23)11-12-25(29)28-15-13-27(14-16-28)22-6-4-5-19(2)20(22)3/h4-10,17H,11-16H2,1-3H3. The van der Waals surface area contributed by atoms with Crippen molar-refractivity contribution in [3.63, 3.8) is 0 Å². The molecule has 2 aromatic carbocycles. The molecule has 1 aliphatic rings. The minimum absolute atomic E-state index is 0.172. The third kappa shape index (κ3) is 4.40. The molecule has 5 heteroatoms. The lowest BCUT2D eigenvalue weighted by molar-refractivity contribution is -0.131. The number of nitrogens with zero attached hydrogens (tertiary/aromatic N) is 3. The first kappa shape index (κ1) is 20.2. The van der Waals surface area contributed by atoms with Gasteiger partial charge in [0.05, 0.1) is 6.20 Å². The molecule has 0 spiro atoms. The number of carbonyl (C=O) groups is 1. The molecule has 4 rings (SSSR count). The van der Waals surface area contributed by atoms with Crippen molar-refractivity contribution in [2.24, 2.45) is 0 Å². The van der Waals surface area contributed by atoms with Crippen LogP contribution < -0.4 is 4.90 Å². The summed E-state index contributed by atoms with van der Waals surface area (Å²) in [6.45, 7) is 9.62. The summed E-state index contributed by atoms with van der Waals surface area (Å²) in [6.07, 6.45) is 2.70. The van der Waals surface area contributed by atoms with Gasteiger partial charge in [0.25, 0.3) is 0 Å². The molecule has 0 radical (unpaired) electrons. The second kappa shape index (κ2) is 8.74. The summed E-state index contributed by atoms with van der Waals surface area (Å²) in [6, 6.07) is 14.6. The fraction of sp³-hybridized carbons (Fsp3) is 0.360. The molecule has 2 heterocycles. The first-order valence-corrected chi connectivity index (χ1v) is 10.6. The molecule has 1 fully saturated rings. The van der Waals surface area contributed by atoms with Crippen LogP contribution in [0.15, 0.2) is 53.1 Å². The maximum Gasteiger partial charge on any atom is 0.223 e. The van der Waals surface area contributed by atoms with E-state index in [9.17, 15) is 4.79 Å². The molecule has 1 aromatic heterocycles. The highest BCUT2D eigenvalue weighted by Crippen LogP contribution is 2.24. The maximum atomic E-state index is 12.7. The van der Waals surface area contributed by atoms with E-state index in [1.807, 2.05) is 17.0 Å². The number of oxazole rings is 1. The molecule has 0 unspecified atom stereocenters. The van der Waals surface area contributed by atoms with Gasteiger partial charge >= 0.3 is 0 Å². The summed E-state index contributed by atoms with van der Waals surface area (Å²) in [5.74, 6) is 1.54. The minimum atomic E-state index is 0.172. The highest BCUT2D eigenvalue weighted by Gasteiger charge is 2.22. The van der Waals surface area contributed by atoms with E-state index in [1.54, 1.807) is 6.20 Å². The summed E-state index contributed by atoms with van der Waals surface area (Å²) < 4.78 is 5.86. The van der Waals surface area contributed by atoms with Crippen molar-refractivity contribution in [2.75, 3.05) is 31.1 Å².